The molecule has 0 saturated heterocycles. The number of para-hydroxylation sites is 1. The highest BCUT2D eigenvalue weighted by Gasteiger charge is 2.16. The molecule has 0 unspecified atom stereocenters. The van der Waals surface area contributed by atoms with Gasteiger partial charge in [-0.2, -0.15) is 0 Å². The van der Waals surface area contributed by atoms with Gasteiger partial charge in [0.2, 0.25) is 5.43 Å². The van der Waals surface area contributed by atoms with E-state index < -0.39 is 5.91 Å². The van der Waals surface area contributed by atoms with Gasteiger partial charge in [-0.1, -0.05) is 41.9 Å². The Morgan fingerprint density at radius 2 is 1.76 bits per heavy atom. The summed E-state index contributed by atoms with van der Waals surface area (Å²) in [5.74, 6) is 0.222. The van der Waals surface area contributed by atoms with E-state index in [-0.39, 0.29) is 17.8 Å². The number of carbonyl (C=O) groups is 2. The molecule has 0 aliphatic heterocycles. The first-order chi connectivity index (χ1) is 15.8. The van der Waals surface area contributed by atoms with Crippen LogP contribution in [0.1, 0.15) is 23.0 Å². The molecule has 4 rings (SSSR count). The molecule has 6 nitrogen and oxygen atoms in total. The maximum absolute atomic E-state index is 13.1. The Morgan fingerprint density at radius 3 is 2.52 bits per heavy atom. The monoisotopic (exact) mass is 461 g/mol. The van der Waals surface area contributed by atoms with E-state index in [0.29, 0.717) is 49.9 Å². The Bertz CT molecular complexity index is 1440. The number of amides is 1. The van der Waals surface area contributed by atoms with Gasteiger partial charge >= 0.3 is 0 Å². The third-order valence-corrected chi connectivity index (χ3v) is 5.46. The van der Waals surface area contributed by atoms with Gasteiger partial charge in [-0.25, -0.2) is 0 Å². The van der Waals surface area contributed by atoms with Crippen LogP contribution in [0.4, 0.5) is 5.69 Å². The van der Waals surface area contributed by atoms with Gasteiger partial charge in [-0.05, 0) is 44.2 Å². The number of ketones is 1. The number of aryl methyl sites for hydroxylation is 1. The van der Waals surface area contributed by atoms with Crippen LogP contribution in [0.5, 0.6) is 5.75 Å². The first-order valence-corrected chi connectivity index (χ1v) is 10.6. The number of rotatable bonds is 6. The third kappa shape index (κ3) is 4.66. The quantitative estimate of drug-likeness (QED) is 0.375. The molecule has 0 radical (unpaired) electrons. The fraction of sp³-hybridized carbons (Fsp3) is 0.115. The number of hydrogen-bond donors (Lipinski definition) is 1. The standard InChI is InChI=1S/C26H20ClNO5/c1-15(29)18-7-4-6-10-22(18)28-24(30)14-32-17-11-12-20-23(13-17)33-16(2)25(26(20)31)19-8-3-5-9-21(19)27/h3-13H,14H2,1-2H3,(H,28,30). The molecule has 33 heavy (non-hydrogen) atoms. The number of halogens is 1. The normalized spacial score (nSPS) is 10.8. The van der Waals surface area contributed by atoms with Crippen molar-refractivity contribution in [3.05, 3.63) is 93.3 Å². The minimum Gasteiger partial charge on any atom is -0.484 e. The molecule has 0 aliphatic rings. The van der Waals surface area contributed by atoms with E-state index in [1.807, 2.05) is 0 Å². The molecule has 0 atom stereocenters. The van der Waals surface area contributed by atoms with Crippen LogP contribution in [0.15, 0.2) is 75.9 Å². The van der Waals surface area contributed by atoms with Gasteiger partial charge in [0.25, 0.3) is 5.91 Å². The van der Waals surface area contributed by atoms with Crippen molar-refractivity contribution in [2.45, 2.75) is 13.8 Å². The molecule has 7 heteroatoms. The van der Waals surface area contributed by atoms with Gasteiger partial charge in [-0.15, -0.1) is 0 Å². The maximum Gasteiger partial charge on any atom is 0.262 e. The smallest absolute Gasteiger partial charge is 0.262 e. The van der Waals surface area contributed by atoms with E-state index in [1.54, 1.807) is 73.7 Å². The van der Waals surface area contributed by atoms with Crippen molar-refractivity contribution in [2.24, 2.45) is 0 Å². The number of nitrogens with one attached hydrogen (secondary N) is 1. The summed E-state index contributed by atoms with van der Waals surface area (Å²) < 4.78 is 11.5. The molecule has 3 aromatic carbocycles. The maximum atomic E-state index is 13.1. The van der Waals surface area contributed by atoms with Gasteiger partial charge < -0.3 is 14.5 Å². The van der Waals surface area contributed by atoms with E-state index in [4.69, 9.17) is 20.8 Å². The molecule has 1 heterocycles. The lowest BCUT2D eigenvalue weighted by Crippen LogP contribution is -2.21. The first-order valence-electron chi connectivity index (χ1n) is 10.2. The molecule has 0 spiro atoms. The Labute approximate surface area is 194 Å². The predicted molar refractivity (Wildman–Crippen MR) is 128 cm³/mol. The summed E-state index contributed by atoms with van der Waals surface area (Å²) in [6.07, 6.45) is 0. The summed E-state index contributed by atoms with van der Waals surface area (Å²) in [4.78, 5) is 37.2. The summed E-state index contributed by atoms with van der Waals surface area (Å²) in [7, 11) is 0. The minimum absolute atomic E-state index is 0.150. The van der Waals surface area contributed by atoms with Crippen LogP contribution in [0.25, 0.3) is 22.1 Å². The first kappa shape index (κ1) is 22.3. The van der Waals surface area contributed by atoms with Crippen LogP contribution >= 0.6 is 11.6 Å². The summed E-state index contributed by atoms with van der Waals surface area (Å²) in [5, 5.41) is 3.52. The fourth-order valence-corrected chi connectivity index (χ4v) is 3.82. The molecule has 0 bridgehead atoms. The Hall–Kier alpha value is -3.90. The van der Waals surface area contributed by atoms with Crippen molar-refractivity contribution >= 4 is 39.9 Å². The summed E-state index contributed by atoms with van der Waals surface area (Å²) in [6.45, 7) is 2.86. The number of carbonyl (C=O) groups excluding carboxylic acids is 2. The lowest BCUT2D eigenvalue weighted by Gasteiger charge is -2.11. The SMILES string of the molecule is CC(=O)c1ccccc1NC(=O)COc1ccc2c(=O)c(-c3ccccc3Cl)c(C)oc2c1. The lowest BCUT2D eigenvalue weighted by molar-refractivity contribution is -0.118. The fourth-order valence-electron chi connectivity index (χ4n) is 3.59. The van der Waals surface area contributed by atoms with E-state index in [9.17, 15) is 14.4 Å². The van der Waals surface area contributed by atoms with Gasteiger partial charge in [0.05, 0.1) is 16.6 Å². The molecular weight excluding hydrogens is 442 g/mol. The van der Waals surface area contributed by atoms with Crippen molar-refractivity contribution in [3.8, 4) is 16.9 Å². The number of ether oxygens (including phenoxy) is 1. The number of benzene rings is 3. The largest absolute Gasteiger partial charge is 0.484 e. The minimum atomic E-state index is -0.421. The van der Waals surface area contributed by atoms with Crippen molar-refractivity contribution in [1.82, 2.24) is 0 Å². The molecule has 1 N–H and O–H groups in total. The highest BCUT2D eigenvalue weighted by molar-refractivity contribution is 6.33. The zero-order valence-electron chi connectivity index (χ0n) is 18.0. The second-order valence-electron chi connectivity index (χ2n) is 7.44. The molecule has 1 amide bonds. The zero-order chi connectivity index (χ0) is 23.5. The molecular formula is C26H20ClNO5. The number of anilines is 1. The molecule has 0 saturated carbocycles. The van der Waals surface area contributed by atoms with Crippen LogP contribution in [-0.4, -0.2) is 18.3 Å². The van der Waals surface area contributed by atoms with Crippen LogP contribution in [0.2, 0.25) is 5.02 Å². The van der Waals surface area contributed by atoms with Gasteiger partial charge in [0, 0.05) is 22.2 Å². The van der Waals surface area contributed by atoms with E-state index >= 15 is 0 Å². The highest BCUT2D eigenvalue weighted by atomic mass is 35.5. The molecule has 0 fully saturated rings. The Kier molecular flexibility index (Phi) is 6.29. The van der Waals surface area contributed by atoms with Crippen LogP contribution in [-0.2, 0) is 4.79 Å². The van der Waals surface area contributed by atoms with Crippen LogP contribution in [0, 0.1) is 6.92 Å². The van der Waals surface area contributed by atoms with Crippen molar-refractivity contribution in [1.29, 1.82) is 0 Å². The van der Waals surface area contributed by atoms with Gasteiger partial charge in [0.15, 0.2) is 12.4 Å². The van der Waals surface area contributed by atoms with E-state index in [0.717, 1.165) is 0 Å². The van der Waals surface area contributed by atoms with Crippen molar-refractivity contribution in [2.75, 3.05) is 11.9 Å². The summed E-state index contributed by atoms with van der Waals surface area (Å²) in [6, 6.07) is 18.6. The number of Topliss-reactive ketones (excluding diaryl/α,β-unsaturated/α-hetero) is 1. The molecule has 0 aliphatic carbocycles. The second-order valence-corrected chi connectivity index (χ2v) is 7.85. The summed E-state index contributed by atoms with van der Waals surface area (Å²) in [5.41, 5.74) is 1.99. The predicted octanol–water partition coefficient (Wildman–Crippen LogP) is 5.64. The second kappa shape index (κ2) is 9.30. The van der Waals surface area contributed by atoms with Crippen molar-refractivity contribution in [3.63, 3.8) is 0 Å². The number of fused-ring (bicyclic) bond motifs is 1. The van der Waals surface area contributed by atoms with Crippen LogP contribution < -0.4 is 15.5 Å². The van der Waals surface area contributed by atoms with E-state index in [2.05, 4.69) is 5.32 Å². The third-order valence-electron chi connectivity index (χ3n) is 5.13. The highest BCUT2D eigenvalue weighted by Crippen LogP contribution is 2.30. The zero-order valence-corrected chi connectivity index (χ0v) is 18.7. The lowest BCUT2D eigenvalue weighted by atomic mass is 10.0. The topological polar surface area (TPSA) is 85.6 Å². The molecule has 1 aromatic heterocycles. The average Bonchev–Trinajstić information content (AvgIpc) is 2.79. The number of hydrogen-bond acceptors (Lipinski definition) is 5. The van der Waals surface area contributed by atoms with E-state index in [1.165, 1.54) is 6.92 Å². The molecule has 166 valence electrons. The Morgan fingerprint density at radius 1 is 1.03 bits per heavy atom. The van der Waals surface area contributed by atoms with Gasteiger partial charge in [0.1, 0.15) is 17.1 Å². The van der Waals surface area contributed by atoms with Crippen LogP contribution in [0.3, 0.4) is 0 Å². The Balaban J connectivity index is 1.55. The average molecular weight is 462 g/mol. The van der Waals surface area contributed by atoms with Crippen molar-refractivity contribution < 1.29 is 18.7 Å². The summed E-state index contributed by atoms with van der Waals surface area (Å²) >= 11 is 6.28. The molecule has 4 aromatic rings. The van der Waals surface area contributed by atoms with Gasteiger partial charge in [-0.3, -0.25) is 14.4 Å².